The molecule has 11 aromatic rings. The topological polar surface area (TPSA) is 16.4 Å². The molecule has 3 aliphatic rings. The van der Waals surface area contributed by atoms with Crippen molar-refractivity contribution in [2.24, 2.45) is 0 Å². The maximum absolute atomic E-state index is 6.89. The molecular formula is C69H51NO. The molecule has 3 aliphatic carbocycles. The van der Waals surface area contributed by atoms with Gasteiger partial charge in [-0.25, -0.2) is 0 Å². The van der Waals surface area contributed by atoms with E-state index in [9.17, 15) is 0 Å². The van der Waals surface area contributed by atoms with Crippen molar-refractivity contribution >= 4 is 51.2 Å². The molecule has 0 amide bonds. The highest BCUT2D eigenvalue weighted by atomic mass is 16.3. The first kappa shape index (κ1) is 41.5. The van der Waals surface area contributed by atoms with Gasteiger partial charge in [-0.1, -0.05) is 210 Å². The molecule has 14 rings (SSSR count). The maximum atomic E-state index is 6.89. The molecular weight excluding hydrogens is 859 g/mol. The van der Waals surface area contributed by atoms with Crippen molar-refractivity contribution in [3.8, 4) is 33.4 Å². The molecule has 1 aromatic heterocycles. The van der Waals surface area contributed by atoms with E-state index in [2.05, 4.69) is 269 Å². The molecule has 0 N–H and O–H groups in total. The Labute approximate surface area is 415 Å². The van der Waals surface area contributed by atoms with Gasteiger partial charge in [-0.2, -0.15) is 0 Å². The first-order valence-electron chi connectivity index (χ1n) is 25.0. The molecule has 10 aromatic carbocycles. The number of benzene rings is 10. The summed E-state index contributed by atoms with van der Waals surface area (Å²) in [6.45, 7) is 9.44. The van der Waals surface area contributed by atoms with Crippen LogP contribution in [-0.4, -0.2) is 0 Å². The molecule has 0 unspecified atom stereocenters. The van der Waals surface area contributed by atoms with Gasteiger partial charge in [0.2, 0.25) is 0 Å². The highest BCUT2D eigenvalue weighted by molar-refractivity contribution is 6.07. The van der Waals surface area contributed by atoms with Gasteiger partial charge in [0.15, 0.2) is 0 Å². The summed E-state index contributed by atoms with van der Waals surface area (Å²) in [4.78, 5) is 2.43. The summed E-state index contributed by atoms with van der Waals surface area (Å²) in [5, 5.41) is 2.21. The third kappa shape index (κ3) is 5.95. The van der Waals surface area contributed by atoms with E-state index >= 15 is 0 Å². The van der Waals surface area contributed by atoms with Gasteiger partial charge in [-0.15, -0.1) is 0 Å². The largest absolute Gasteiger partial charge is 0.456 e. The fourth-order valence-electron chi connectivity index (χ4n) is 13.0. The third-order valence-electron chi connectivity index (χ3n) is 16.4. The van der Waals surface area contributed by atoms with Gasteiger partial charge in [-0.05, 0) is 138 Å². The number of anilines is 3. The third-order valence-corrected chi connectivity index (χ3v) is 16.4. The molecule has 2 heteroatoms. The summed E-state index contributed by atoms with van der Waals surface area (Å²) in [7, 11) is 0. The van der Waals surface area contributed by atoms with Crippen LogP contribution in [0.5, 0.6) is 0 Å². The van der Waals surface area contributed by atoms with E-state index in [1.54, 1.807) is 0 Å². The Bertz CT molecular complexity index is 3850. The smallest absolute Gasteiger partial charge is 0.137 e. The molecule has 0 radical (unpaired) electrons. The number of fused-ring (bicyclic) bond motifs is 12. The van der Waals surface area contributed by atoms with Crippen LogP contribution >= 0.6 is 0 Å². The monoisotopic (exact) mass is 909 g/mol. The molecule has 0 bridgehead atoms. The van der Waals surface area contributed by atoms with Gasteiger partial charge in [0.1, 0.15) is 11.2 Å². The Kier molecular flexibility index (Phi) is 8.93. The minimum Gasteiger partial charge on any atom is -0.456 e. The van der Waals surface area contributed by atoms with Crippen molar-refractivity contribution < 1.29 is 4.42 Å². The molecule has 71 heavy (non-hydrogen) atoms. The average Bonchev–Trinajstić information content (AvgIpc) is 4.08. The predicted octanol–water partition coefficient (Wildman–Crippen LogP) is 18.2. The van der Waals surface area contributed by atoms with E-state index in [0.717, 1.165) is 44.6 Å². The van der Waals surface area contributed by atoms with E-state index in [0.29, 0.717) is 0 Å². The second-order valence-electron chi connectivity index (χ2n) is 20.8. The van der Waals surface area contributed by atoms with Crippen LogP contribution in [0, 0.1) is 0 Å². The fourth-order valence-corrected chi connectivity index (χ4v) is 13.0. The molecule has 0 atom stereocenters. The summed E-state index contributed by atoms with van der Waals surface area (Å²) in [6.07, 6.45) is 4.53. The Hall–Kier alpha value is -8.46. The second kappa shape index (κ2) is 15.3. The van der Waals surface area contributed by atoms with E-state index in [1.165, 1.54) is 83.5 Å². The maximum Gasteiger partial charge on any atom is 0.137 e. The summed E-state index contributed by atoms with van der Waals surface area (Å²) < 4.78 is 6.89. The molecule has 0 spiro atoms. The van der Waals surface area contributed by atoms with Crippen molar-refractivity contribution in [2.45, 2.75) is 43.9 Å². The Morgan fingerprint density at radius 2 is 0.817 bits per heavy atom. The van der Waals surface area contributed by atoms with Crippen LogP contribution in [0.25, 0.3) is 67.5 Å². The standard InChI is InChI=1S/C69H51NO/c1-67(2)58-26-14-11-23-51(58)53-37-33-48(41-62(53)67)70(49-34-38-54-52-24-12-15-27-59(52)68(3,4)63(54)42-49)50-35-39-56-55-36-31-44(40-64(55)71-65(56)43-50)30-32-45-18-17-29-61-66(45)57-25-13-16-28-60(57)69(61,46-19-7-5-8-20-46)47-21-9-6-10-22-47/h5-43H,1-4H3/b32-30+. The second-order valence-corrected chi connectivity index (χ2v) is 20.8. The zero-order valence-corrected chi connectivity index (χ0v) is 40.4. The lowest BCUT2D eigenvalue weighted by atomic mass is 9.67. The van der Waals surface area contributed by atoms with Crippen LogP contribution < -0.4 is 4.90 Å². The van der Waals surface area contributed by atoms with E-state index in [1.807, 2.05) is 0 Å². The van der Waals surface area contributed by atoms with Gasteiger partial charge in [0, 0.05) is 44.7 Å². The summed E-state index contributed by atoms with van der Waals surface area (Å²) in [6, 6.07) is 83.1. The Morgan fingerprint density at radius 1 is 0.352 bits per heavy atom. The summed E-state index contributed by atoms with van der Waals surface area (Å²) >= 11 is 0. The van der Waals surface area contributed by atoms with Crippen molar-refractivity contribution in [3.05, 3.63) is 280 Å². The summed E-state index contributed by atoms with van der Waals surface area (Å²) in [5.74, 6) is 0. The number of rotatable bonds is 7. The van der Waals surface area contributed by atoms with Crippen molar-refractivity contribution in [3.63, 3.8) is 0 Å². The van der Waals surface area contributed by atoms with Crippen LogP contribution in [0.4, 0.5) is 17.1 Å². The van der Waals surface area contributed by atoms with Gasteiger partial charge in [0.05, 0.1) is 5.41 Å². The van der Waals surface area contributed by atoms with Crippen LogP contribution in [0.15, 0.2) is 229 Å². The van der Waals surface area contributed by atoms with Crippen molar-refractivity contribution in [1.82, 2.24) is 0 Å². The molecule has 2 nitrogen and oxygen atoms in total. The lowest BCUT2D eigenvalue weighted by Crippen LogP contribution is -2.28. The predicted molar refractivity (Wildman–Crippen MR) is 296 cm³/mol. The number of hydrogen-bond donors (Lipinski definition) is 0. The number of hydrogen-bond acceptors (Lipinski definition) is 2. The highest BCUT2D eigenvalue weighted by Crippen LogP contribution is 2.58. The van der Waals surface area contributed by atoms with Crippen LogP contribution in [0.3, 0.4) is 0 Å². The highest BCUT2D eigenvalue weighted by Gasteiger charge is 2.46. The van der Waals surface area contributed by atoms with Gasteiger partial charge >= 0.3 is 0 Å². The molecule has 0 saturated carbocycles. The van der Waals surface area contributed by atoms with E-state index < -0.39 is 5.41 Å². The molecule has 0 saturated heterocycles. The lowest BCUT2D eigenvalue weighted by Gasteiger charge is -2.33. The van der Waals surface area contributed by atoms with Crippen LogP contribution in [0.1, 0.15) is 83.3 Å². The fraction of sp³-hybridized carbons (Fsp3) is 0.101. The first-order chi connectivity index (χ1) is 34.7. The quantitative estimate of drug-likeness (QED) is 0.148. The number of furan rings is 1. The molecule has 0 fully saturated rings. The van der Waals surface area contributed by atoms with Crippen LogP contribution in [0.2, 0.25) is 0 Å². The molecule has 338 valence electrons. The normalized spacial score (nSPS) is 15.0. The van der Waals surface area contributed by atoms with E-state index in [4.69, 9.17) is 4.42 Å². The van der Waals surface area contributed by atoms with Gasteiger partial charge in [-0.3, -0.25) is 0 Å². The molecule has 1 heterocycles. The van der Waals surface area contributed by atoms with Crippen LogP contribution in [-0.2, 0) is 16.2 Å². The first-order valence-corrected chi connectivity index (χ1v) is 25.0. The minimum absolute atomic E-state index is 0.135. The zero-order valence-electron chi connectivity index (χ0n) is 40.4. The molecule has 0 aliphatic heterocycles. The van der Waals surface area contributed by atoms with Crippen molar-refractivity contribution in [2.75, 3.05) is 4.90 Å². The summed E-state index contributed by atoms with van der Waals surface area (Å²) in [5.41, 5.74) is 25.0. The Balaban J connectivity index is 0.869. The minimum atomic E-state index is -0.439. The SMILES string of the molecule is CC1(C)c2ccccc2-c2ccc(N(c3ccc4c(c3)C(C)(C)c3ccccc3-4)c3ccc4c(c3)oc3cc(/C=C/c5cccc6c5-c5ccccc5C6(c5ccccc5)c5ccccc5)ccc34)cc21. The van der Waals surface area contributed by atoms with E-state index in [-0.39, 0.29) is 10.8 Å². The van der Waals surface area contributed by atoms with Gasteiger partial charge in [0.25, 0.3) is 0 Å². The zero-order chi connectivity index (χ0) is 47.6. The average molecular weight is 910 g/mol. The Morgan fingerprint density at radius 3 is 1.42 bits per heavy atom. The number of nitrogens with zero attached hydrogens (tertiary/aromatic N) is 1. The lowest BCUT2D eigenvalue weighted by molar-refractivity contribution is 0.660. The van der Waals surface area contributed by atoms with Gasteiger partial charge < -0.3 is 9.32 Å². The van der Waals surface area contributed by atoms with Crippen molar-refractivity contribution in [1.29, 1.82) is 0 Å².